The molecule has 72 valence electrons. The molecular formula is C10H17N3. The molecule has 0 aromatic carbocycles. The molecule has 13 heavy (non-hydrogen) atoms. The van der Waals surface area contributed by atoms with Gasteiger partial charge in [0.05, 0.1) is 5.69 Å². The lowest BCUT2D eigenvalue weighted by molar-refractivity contribution is 0.536. The van der Waals surface area contributed by atoms with Gasteiger partial charge in [-0.25, -0.2) is 0 Å². The summed E-state index contributed by atoms with van der Waals surface area (Å²) in [5.74, 6) is 0. The summed E-state index contributed by atoms with van der Waals surface area (Å²) in [5.41, 5.74) is 1.05. The van der Waals surface area contributed by atoms with E-state index in [-0.39, 0.29) is 0 Å². The SMILES string of the molecule is CCCNC(C)Cc1cccnn1. The Morgan fingerprint density at radius 2 is 2.38 bits per heavy atom. The Labute approximate surface area is 79.6 Å². The summed E-state index contributed by atoms with van der Waals surface area (Å²) < 4.78 is 0. The molecule has 1 aromatic rings. The lowest BCUT2D eigenvalue weighted by atomic mass is 10.2. The zero-order valence-electron chi connectivity index (χ0n) is 8.33. The number of nitrogens with zero attached hydrogens (tertiary/aromatic N) is 2. The monoisotopic (exact) mass is 179 g/mol. The van der Waals surface area contributed by atoms with Gasteiger partial charge in [0.1, 0.15) is 0 Å². The average Bonchev–Trinajstić information content (AvgIpc) is 2.16. The van der Waals surface area contributed by atoms with Crippen molar-refractivity contribution in [2.75, 3.05) is 6.54 Å². The fourth-order valence-corrected chi connectivity index (χ4v) is 1.22. The maximum atomic E-state index is 4.04. The van der Waals surface area contributed by atoms with Crippen LogP contribution in [0.4, 0.5) is 0 Å². The summed E-state index contributed by atoms with van der Waals surface area (Å²) >= 11 is 0. The highest BCUT2D eigenvalue weighted by Gasteiger charge is 2.02. The largest absolute Gasteiger partial charge is 0.314 e. The molecule has 0 spiro atoms. The molecule has 0 aliphatic carbocycles. The third-order valence-electron chi connectivity index (χ3n) is 1.89. The molecule has 0 aliphatic heterocycles. The second kappa shape index (κ2) is 5.65. The van der Waals surface area contributed by atoms with Gasteiger partial charge in [0.15, 0.2) is 0 Å². The number of rotatable bonds is 5. The molecule has 0 aliphatic rings. The topological polar surface area (TPSA) is 37.8 Å². The highest BCUT2D eigenvalue weighted by molar-refractivity contribution is 5.00. The van der Waals surface area contributed by atoms with Gasteiger partial charge in [-0.1, -0.05) is 6.92 Å². The molecule has 0 saturated heterocycles. The number of hydrogen-bond donors (Lipinski definition) is 1. The summed E-state index contributed by atoms with van der Waals surface area (Å²) in [6.45, 7) is 5.41. The van der Waals surface area contributed by atoms with Crippen molar-refractivity contribution in [3.8, 4) is 0 Å². The average molecular weight is 179 g/mol. The first kappa shape index (κ1) is 10.1. The predicted octanol–water partition coefficient (Wildman–Crippen LogP) is 1.41. The van der Waals surface area contributed by atoms with Crippen LogP contribution >= 0.6 is 0 Å². The molecule has 3 nitrogen and oxygen atoms in total. The normalized spacial score (nSPS) is 12.8. The smallest absolute Gasteiger partial charge is 0.0646 e. The van der Waals surface area contributed by atoms with Gasteiger partial charge in [0.25, 0.3) is 0 Å². The molecule has 0 fully saturated rings. The van der Waals surface area contributed by atoms with Crippen LogP contribution in [0.5, 0.6) is 0 Å². The Morgan fingerprint density at radius 3 is 3.00 bits per heavy atom. The van der Waals surface area contributed by atoms with Gasteiger partial charge in [0, 0.05) is 18.7 Å². The summed E-state index contributed by atoms with van der Waals surface area (Å²) in [6, 6.07) is 4.42. The summed E-state index contributed by atoms with van der Waals surface area (Å²) in [5, 5.41) is 11.3. The van der Waals surface area contributed by atoms with E-state index in [1.54, 1.807) is 6.20 Å². The third kappa shape index (κ3) is 3.99. The second-order valence-electron chi connectivity index (χ2n) is 3.27. The van der Waals surface area contributed by atoms with Gasteiger partial charge in [-0.15, -0.1) is 0 Å². The van der Waals surface area contributed by atoms with Gasteiger partial charge < -0.3 is 5.32 Å². The molecule has 1 unspecified atom stereocenters. The number of nitrogens with one attached hydrogen (secondary N) is 1. The van der Waals surface area contributed by atoms with Crippen LogP contribution in [0.15, 0.2) is 18.3 Å². The first-order valence-electron chi connectivity index (χ1n) is 4.83. The van der Waals surface area contributed by atoms with E-state index in [2.05, 4.69) is 29.4 Å². The van der Waals surface area contributed by atoms with E-state index < -0.39 is 0 Å². The molecule has 0 saturated carbocycles. The van der Waals surface area contributed by atoms with E-state index in [0.717, 1.165) is 18.7 Å². The fraction of sp³-hybridized carbons (Fsp3) is 0.600. The molecular weight excluding hydrogens is 162 g/mol. The van der Waals surface area contributed by atoms with Crippen molar-refractivity contribution in [2.45, 2.75) is 32.7 Å². The van der Waals surface area contributed by atoms with Crippen LogP contribution in [-0.4, -0.2) is 22.8 Å². The van der Waals surface area contributed by atoms with Crippen LogP contribution in [0.2, 0.25) is 0 Å². The van der Waals surface area contributed by atoms with Crippen molar-refractivity contribution in [3.63, 3.8) is 0 Å². The lowest BCUT2D eigenvalue weighted by Gasteiger charge is -2.11. The van der Waals surface area contributed by atoms with E-state index in [0.29, 0.717) is 6.04 Å². The Bertz CT molecular complexity index is 223. The Kier molecular flexibility index (Phi) is 4.40. The van der Waals surface area contributed by atoms with Crippen molar-refractivity contribution < 1.29 is 0 Å². The Balaban J connectivity index is 2.32. The van der Waals surface area contributed by atoms with Crippen LogP contribution < -0.4 is 5.32 Å². The van der Waals surface area contributed by atoms with Crippen LogP contribution in [0.1, 0.15) is 26.0 Å². The fourth-order valence-electron chi connectivity index (χ4n) is 1.22. The van der Waals surface area contributed by atoms with Gasteiger partial charge in [-0.2, -0.15) is 10.2 Å². The van der Waals surface area contributed by atoms with Crippen LogP contribution in [0.3, 0.4) is 0 Å². The second-order valence-corrected chi connectivity index (χ2v) is 3.27. The minimum atomic E-state index is 0.483. The van der Waals surface area contributed by atoms with Crippen molar-refractivity contribution in [1.82, 2.24) is 15.5 Å². The first-order chi connectivity index (χ1) is 6.33. The van der Waals surface area contributed by atoms with E-state index in [9.17, 15) is 0 Å². The molecule has 1 rings (SSSR count). The molecule has 3 heteroatoms. The van der Waals surface area contributed by atoms with E-state index in [1.165, 1.54) is 6.42 Å². The molecule has 0 bridgehead atoms. The molecule has 1 aromatic heterocycles. The molecule has 1 N–H and O–H groups in total. The van der Waals surface area contributed by atoms with Gasteiger partial charge in [-0.05, 0) is 32.0 Å². The summed E-state index contributed by atoms with van der Waals surface area (Å²) in [4.78, 5) is 0. The maximum absolute atomic E-state index is 4.04. The zero-order chi connectivity index (χ0) is 9.52. The quantitative estimate of drug-likeness (QED) is 0.742. The van der Waals surface area contributed by atoms with Gasteiger partial charge in [0.2, 0.25) is 0 Å². The van der Waals surface area contributed by atoms with E-state index >= 15 is 0 Å². The third-order valence-corrected chi connectivity index (χ3v) is 1.89. The van der Waals surface area contributed by atoms with Crippen molar-refractivity contribution >= 4 is 0 Å². The predicted molar refractivity (Wildman–Crippen MR) is 53.5 cm³/mol. The van der Waals surface area contributed by atoms with E-state index in [1.807, 2.05) is 12.1 Å². The molecule has 1 atom stereocenters. The summed E-state index contributed by atoms with van der Waals surface area (Å²) in [6.07, 6.45) is 3.83. The Morgan fingerprint density at radius 1 is 1.54 bits per heavy atom. The Hall–Kier alpha value is -0.960. The molecule has 1 heterocycles. The highest BCUT2D eigenvalue weighted by Crippen LogP contribution is 1.97. The van der Waals surface area contributed by atoms with Crippen molar-refractivity contribution in [2.24, 2.45) is 0 Å². The lowest BCUT2D eigenvalue weighted by Crippen LogP contribution is -2.28. The standard InChI is InChI=1S/C10H17N3/c1-3-6-11-9(2)8-10-5-4-7-12-13-10/h4-5,7,9,11H,3,6,8H2,1-2H3. The molecule has 0 amide bonds. The number of aromatic nitrogens is 2. The number of hydrogen-bond acceptors (Lipinski definition) is 3. The van der Waals surface area contributed by atoms with Crippen LogP contribution in [0.25, 0.3) is 0 Å². The van der Waals surface area contributed by atoms with Crippen molar-refractivity contribution in [1.29, 1.82) is 0 Å². The van der Waals surface area contributed by atoms with Crippen LogP contribution in [-0.2, 0) is 6.42 Å². The van der Waals surface area contributed by atoms with Crippen LogP contribution in [0, 0.1) is 0 Å². The highest BCUT2D eigenvalue weighted by atomic mass is 15.1. The molecule has 0 radical (unpaired) electrons. The minimum Gasteiger partial charge on any atom is -0.314 e. The summed E-state index contributed by atoms with van der Waals surface area (Å²) in [7, 11) is 0. The van der Waals surface area contributed by atoms with E-state index in [4.69, 9.17) is 0 Å². The van der Waals surface area contributed by atoms with Gasteiger partial charge in [-0.3, -0.25) is 0 Å². The maximum Gasteiger partial charge on any atom is 0.0646 e. The first-order valence-corrected chi connectivity index (χ1v) is 4.83. The minimum absolute atomic E-state index is 0.483. The zero-order valence-corrected chi connectivity index (χ0v) is 8.33. The van der Waals surface area contributed by atoms with Crippen molar-refractivity contribution in [3.05, 3.63) is 24.0 Å². The van der Waals surface area contributed by atoms with Gasteiger partial charge >= 0.3 is 0 Å².